The molecule has 0 bridgehead atoms. The molecule has 0 amide bonds. The van der Waals surface area contributed by atoms with Crippen molar-refractivity contribution in [3.8, 4) is 0 Å². The molecule has 4 heteroatoms. The highest BCUT2D eigenvalue weighted by atomic mass is 16.4. The first kappa shape index (κ1) is 13.1. The number of rotatable bonds is 5. The van der Waals surface area contributed by atoms with Crippen LogP contribution in [-0.4, -0.2) is 16.1 Å². The van der Waals surface area contributed by atoms with Gasteiger partial charge in [-0.2, -0.15) is 0 Å². The van der Waals surface area contributed by atoms with Crippen molar-refractivity contribution < 1.29 is 9.90 Å². The second-order valence-electron chi connectivity index (χ2n) is 4.25. The van der Waals surface area contributed by atoms with Crippen molar-refractivity contribution in [2.75, 3.05) is 5.32 Å². The molecule has 0 aliphatic heterocycles. The average Bonchev–Trinajstić information content (AvgIpc) is 2.46. The van der Waals surface area contributed by atoms with Gasteiger partial charge in [0.15, 0.2) is 0 Å². The normalized spacial score (nSPS) is 10.2. The molecule has 98 valence electrons. The van der Waals surface area contributed by atoms with E-state index in [0.29, 0.717) is 6.54 Å². The minimum Gasteiger partial charge on any atom is -0.478 e. The summed E-state index contributed by atoms with van der Waals surface area (Å²) in [5.41, 5.74) is 3.34. The summed E-state index contributed by atoms with van der Waals surface area (Å²) >= 11 is 0. The fourth-order valence-electron chi connectivity index (χ4n) is 1.75. The topological polar surface area (TPSA) is 62.2 Å². The molecule has 4 nitrogen and oxygen atoms in total. The molecule has 0 spiro atoms. The smallest absolute Gasteiger partial charge is 0.337 e. The minimum atomic E-state index is -0.956. The van der Waals surface area contributed by atoms with Crippen LogP contribution in [0.4, 0.5) is 5.69 Å². The highest BCUT2D eigenvalue weighted by Gasteiger charge is 2.02. The number of hydrogen-bond donors (Lipinski definition) is 2. The van der Waals surface area contributed by atoms with Crippen molar-refractivity contribution in [3.63, 3.8) is 0 Å². The maximum absolute atomic E-state index is 10.7. The Morgan fingerprint density at radius 3 is 2.79 bits per heavy atom. The predicted octanol–water partition coefficient (Wildman–Crippen LogP) is 2.95. The number of nitrogens with one attached hydrogen (secondary N) is 1. The van der Waals surface area contributed by atoms with Gasteiger partial charge < -0.3 is 10.4 Å². The van der Waals surface area contributed by atoms with Crippen molar-refractivity contribution in [1.82, 2.24) is 4.98 Å². The monoisotopic (exact) mass is 256 g/mol. The van der Waals surface area contributed by atoms with Crippen molar-refractivity contribution >= 4 is 11.7 Å². The van der Waals surface area contributed by atoms with Crippen LogP contribution in [0.15, 0.2) is 42.6 Å². The zero-order valence-corrected chi connectivity index (χ0v) is 10.8. The van der Waals surface area contributed by atoms with Crippen LogP contribution in [0.2, 0.25) is 0 Å². The van der Waals surface area contributed by atoms with Gasteiger partial charge in [-0.3, -0.25) is 4.98 Å². The number of nitrogens with zero attached hydrogens (tertiary/aromatic N) is 1. The number of aromatic nitrogens is 1. The van der Waals surface area contributed by atoms with Crippen LogP contribution in [0.1, 0.15) is 28.5 Å². The third-order valence-corrected chi connectivity index (χ3v) is 2.88. The second-order valence-corrected chi connectivity index (χ2v) is 4.25. The van der Waals surface area contributed by atoms with Crippen LogP contribution in [0.5, 0.6) is 0 Å². The lowest BCUT2D eigenvalue weighted by Crippen LogP contribution is -2.04. The van der Waals surface area contributed by atoms with Crippen LogP contribution in [0.3, 0.4) is 0 Å². The SMILES string of the molecule is CCc1cccc(NCc2ccc(C(=O)O)cn2)c1. The van der Waals surface area contributed by atoms with E-state index >= 15 is 0 Å². The van der Waals surface area contributed by atoms with Crippen molar-refractivity contribution in [2.24, 2.45) is 0 Å². The molecular weight excluding hydrogens is 240 g/mol. The second kappa shape index (κ2) is 6.00. The van der Waals surface area contributed by atoms with Gasteiger partial charge in [0.05, 0.1) is 17.8 Å². The number of carboxylic acids is 1. The molecule has 0 saturated carbocycles. The Labute approximate surface area is 112 Å². The zero-order chi connectivity index (χ0) is 13.7. The van der Waals surface area contributed by atoms with Gasteiger partial charge in [-0.15, -0.1) is 0 Å². The first-order valence-corrected chi connectivity index (χ1v) is 6.20. The molecule has 1 heterocycles. The Kier molecular flexibility index (Phi) is 4.13. The van der Waals surface area contributed by atoms with Crippen molar-refractivity contribution in [2.45, 2.75) is 19.9 Å². The summed E-state index contributed by atoms with van der Waals surface area (Å²) < 4.78 is 0. The van der Waals surface area contributed by atoms with Crippen LogP contribution in [-0.2, 0) is 13.0 Å². The minimum absolute atomic E-state index is 0.205. The van der Waals surface area contributed by atoms with E-state index in [2.05, 4.69) is 29.4 Å². The lowest BCUT2D eigenvalue weighted by Gasteiger charge is -2.07. The fourth-order valence-corrected chi connectivity index (χ4v) is 1.75. The van der Waals surface area contributed by atoms with E-state index in [0.717, 1.165) is 17.8 Å². The number of carboxylic acid groups (broad SMARTS) is 1. The van der Waals surface area contributed by atoms with E-state index in [1.807, 2.05) is 12.1 Å². The molecule has 0 aliphatic carbocycles. The van der Waals surface area contributed by atoms with Crippen molar-refractivity contribution in [1.29, 1.82) is 0 Å². The molecular formula is C15H16N2O2. The van der Waals surface area contributed by atoms with E-state index in [4.69, 9.17) is 5.11 Å². The highest BCUT2D eigenvalue weighted by Crippen LogP contribution is 2.12. The third-order valence-electron chi connectivity index (χ3n) is 2.88. The first-order chi connectivity index (χ1) is 9.19. The van der Waals surface area contributed by atoms with Gasteiger partial charge in [0.25, 0.3) is 0 Å². The van der Waals surface area contributed by atoms with Gasteiger partial charge in [0.1, 0.15) is 0 Å². The largest absolute Gasteiger partial charge is 0.478 e. The van der Waals surface area contributed by atoms with Crippen LogP contribution in [0, 0.1) is 0 Å². The Balaban J connectivity index is 1.99. The van der Waals surface area contributed by atoms with Gasteiger partial charge in [-0.1, -0.05) is 19.1 Å². The number of aryl methyl sites for hydroxylation is 1. The molecule has 0 atom stereocenters. The number of hydrogen-bond acceptors (Lipinski definition) is 3. The summed E-state index contributed by atoms with van der Waals surface area (Å²) in [6.07, 6.45) is 2.38. The molecule has 2 aromatic rings. The Morgan fingerprint density at radius 2 is 2.16 bits per heavy atom. The molecule has 0 aliphatic rings. The molecule has 0 unspecified atom stereocenters. The lowest BCUT2D eigenvalue weighted by atomic mass is 10.1. The van der Waals surface area contributed by atoms with Gasteiger partial charge in [-0.05, 0) is 36.2 Å². The van der Waals surface area contributed by atoms with Gasteiger partial charge in [0.2, 0.25) is 0 Å². The van der Waals surface area contributed by atoms with Crippen molar-refractivity contribution in [3.05, 3.63) is 59.4 Å². The number of pyridine rings is 1. The van der Waals surface area contributed by atoms with Crippen LogP contribution >= 0.6 is 0 Å². The Bertz CT molecular complexity index is 565. The van der Waals surface area contributed by atoms with E-state index in [9.17, 15) is 4.79 Å². The maximum atomic E-state index is 10.7. The number of aromatic carboxylic acids is 1. The summed E-state index contributed by atoms with van der Waals surface area (Å²) in [7, 11) is 0. The first-order valence-electron chi connectivity index (χ1n) is 6.20. The van der Waals surface area contributed by atoms with Gasteiger partial charge in [0, 0.05) is 11.9 Å². The quantitative estimate of drug-likeness (QED) is 0.863. The Hall–Kier alpha value is -2.36. The summed E-state index contributed by atoms with van der Waals surface area (Å²) in [4.78, 5) is 14.8. The molecule has 1 aromatic heterocycles. The van der Waals surface area contributed by atoms with E-state index in [-0.39, 0.29) is 5.56 Å². The summed E-state index contributed by atoms with van der Waals surface area (Å²) in [6, 6.07) is 11.5. The molecule has 0 radical (unpaired) electrons. The van der Waals surface area contributed by atoms with Gasteiger partial charge in [-0.25, -0.2) is 4.79 Å². The molecule has 0 fully saturated rings. The summed E-state index contributed by atoms with van der Waals surface area (Å²) in [5, 5.41) is 12.1. The summed E-state index contributed by atoms with van der Waals surface area (Å²) in [5.74, 6) is -0.956. The zero-order valence-electron chi connectivity index (χ0n) is 10.8. The van der Waals surface area contributed by atoms with E-state index in [1.54, 1.807) is 12.1 Å². The average molecular weight is 256 g/mol. The van der Waals surface area contributed by atoms with E-state index in [1.165, 1.54) is 11.8 Å². The lowest BCUT2D eigenvalue weighted by molar-refractivity contribution is 0.0696. The molecule has 1 aromatic carbocycles. The number of carbonyl (C=O) groups is 1. The predicted molar refractivity (Wildman–Crippen MR) is 74.3 cm³/mol. The highest BCUT2D eigenvalue weighted by molar-refractivity contribution is 5.87. The molecule has 19 heavy (non-hydrogen) atoms. The van der Waals surface area contributed by atoms with E-state index < -0.39 is 5.97 Å². The van der Waals surface area contributed by atoms with Gasteiger partial charge >= 0.3 is 5.97 Å². The Morgan fingerprint density at radius 1 is 1.32 bits per heavy atom. The molecule has 2 N–H and O–H groups in total. The molecule has 0 saturated heterocycles. The fraction of sp³-hybridized carbons (Fsp3) is 0.200. The third kappa shape index (κ3) is 3.55. The van der Waals surface area contributed by atoms with Crippen LogP contribution in [0.25, 0.3) is 0 Å². The standard InChI is InChI=1S/C15H16N2O2/c1-2-11-4-3-5-13(8-11)17-10-14-7-6-12(9-16-14)15(18)19/h3-9,17H,2,10H2,1H3,(H,18,19). The summed E-state index contributed by atoms with van der Waals surface area (Å²) in [6.45, 7) is 2.69. The van der Waals surface area contributed by atoms with Crippen LogP contribution < -0.4 is 5.32 Å². The molecule has 2 rings (SSSR count). The number of anilines is 1. The maximum Gasteiger partial charge on any atom is 0.337 e. The number of benzene rings is 1.